The first-order valence-corrected chi connectivity index (χ1v) is 10.2. The second-order valence-corrected chi connectivity index (χ2v) is 8.18. The maximum Gasteiger partial charge on any atom is 0.251 e. The standard InChI is InChI=1S/C22H25N3O5/c1-13(2)9-16(22(28)25-8-7-18-20(25)17(26)11-29-18)24-21(27)15-5-3-14(4-6-15)19-10-23-12-30-19/h3-6,10,12-13,16,18,20H,7-9,11H2,1-2H3,(H,24,27)/t16?,18-,20?/m0/s1. The number of carbonyl (C=O) groups excluding carboxylic acids is 3. The van der Waals surface area contributed by atoms with Gasteiger partial charge in [-0.2, -0.15) is 0 Å². The van der Waals surface area contributed by atoms with Crippen LogP contribution in [0.1, 0.15) is 37.0 Å². The fourth-order valence-electron chi connectivity index (χ4n) is 4.12. The monoisotopic (exact) mass is 411 g/mol. The van der Waals surface area contributed by atoms with E-state index in [4.69, 9.17) is 9.15 Å². The molecule has 1 aromatic heterocycles. The third kappa shape index (κ3) is 4.00. The fraction of sp³-hybridized carbons (Fsp3) is 0.455. The van der Waals surface area contributed by atoms with Crippen LogP contribution in [0.5, 0.6) is 0 Å². The van der Waals surface area contributed by atoms with E-state index in [1.165, 1.54) is 6.39 Å². The molecule has 2 aromatic rings. The normalized spacial score (nSPS) is 21.7. The van der Waals surface area contributed by atoms with Crippen molar-refractivity contribution in [3.05, 3.63) is 42.4 Å². The van der Waals surface area contributed by atoms with Crippen LogP contribution in [0.15, 0.2) is 41.3 Å². The van der Waals surface area contributed by atoms with Crippen LogP contribution in [-0.2, 0) is 14.3 Å². The number of carbonyl (C=O) groups is 3. The Labute approximate surface area is 174 Å². The molecule has 8 nitrogen and oxygen atoms in total. The van der Waals surface area contributed by atoms with E-state index in [0.717, 1.165) is 5.56 Å². The molecule has 0 aliphatic carbocycles. The Morgan fingerprint density at radius 2 is 2.03 bits per heavy atom. The largest absolute Gasteiger partial charge is 0.444 e. The summed E-state index contributed by atoms with van der Waals surface area (Å²) in [5.41, 5.74) is 1.25. The predicted molar refractivity (Wildman–Crippen MR) is 108 cm³/mol. The van der Waals surface area contributed by atoms with Gasteiger partial charge in [-0.05, 0) is 30.9 Å². The molecule has 0 bridgehead atoms. The minimum Gasteiger partial charge on any atom is -0.444 e. The molecule has 2 aliphatic heterocycles. The summed E-state index contributed by atoms with van der Waals surface area (Å²) in [5.74, 6) is 0.192. The highest BCUT2D eigenvalue weighted by molar-refractivity contribution is 5.99. The lowest BCUT2D eigenvalue weighted by Crippen LogP contribution is -2.52. The van der Waals surface area contributed by atoms with Gasteiger partial charge in [-0.3, -0.25) is 14.4 Å². The molecule has 2 unspecified atom stereocenters. The van der Waals surface area contributed by atoms with E-state index < -0.39 is 12.1 Å². The number of oxazole rings is 1. The van der Waals surface area contributed by atoms with Gasteiger partial charge in [-0.15, -0.1) is 0 Å². The van der Waals surface area contributed by atoms with E-state index >= 15 is 0 Å². The van der Waals surface area contributed by atoms with E-state index in [0.29, 0.717) is 30.7 Å². The number of amides is 2. The molecule has 3 heterocycles. The van der Waals surface area contributed by atoms with Gasteiger partial charge in [0.1, 0.15) is 18.7 Å². The van der Waals surface area contributed by atoms with Crippen molar-refractivity contribution in [3.63, 3.8) is 0 Å². The summed E-state index contributed by atoms with van der Waals surface area (Å²) in [5, 5.41) is 2.87. The molecule has 8 heteroatoms. The maximum atomic E-state index is 13.2. The molecule has 2 saturated heterocycles. The quantitative estimate of drug-likeness (QED) is 0.781. The number of Topliss-reactive ketones (excluding diaryl/α,β-unsaturated/α-hetero) is 1. The number of nitrogens with zero attached hydrogens (tertiary/aromatic N) is 2. The Bertz CT molecular complexity index is 923. The van der Waals surface area contributed by atoms with Crippen molar-refractivity contribution < 1.29 is 23.5 Å². The van der Waals surface area contributed by atoms with Crippen molar-refractivity contribution in [1.82, 2.24) is 15.2 Å². The summed E-state index contributed by atoms with van der Waals surface area (Å²) in [6, 6.07) is 5.70. The van der Waals surface area contributed by atoms with Gasteiger partial charge >= 0.3 is 0 Å². The Hall–Kier alpha value is -3.00. The molecule has 2 amide bonds. The van der Waals surface area contributed by atoms with Gasteiger partial charge in [-0.1, -0.05) is 26.0 Å². The fourth-order valence-corrected chi connectivity index (χ4v) is 4.12. The highest BCUT2D eigenvalue weighted by Gasteiger charge is 2.48. The molecule has 158 valence electrons. The average Bonchev–Trinajstić information content (AvgIpc) is 3.46. The summed E-state index contributed by atoms with van der Waals surface area (Å²) >= 11 is 0. The molecule has 0 radical (unpaired) electrons. The molecule has 30 heavy (non-hydrogen) atoms. The highest BCUT2D eigenvalue weighted by Crippen LogP contribution is 2.28. The van der Waals surface area contributed by atoms with E-state index in [9.17, 15) is 14.4 Å². The van der Waals surface area contributed by atoms with Crippen molar-refractivity contribution in [2.75, 3.05) is 13.2 Å². The number of hydrogen-bond donors (Lipinski definition) is 1. The average molecular weight is 411 g/mol. The van der Waals surface area contributed by atoms with E-state index in [1.54, 1.807) is 35.4 Å². The van der Waals surface area contributed by atoms with Crippen molar-refractivity contribution in [3.8, 4) is 11.3 Å². The van der Waals surface area contributed by atoms with E-state index in [1.807, 2.05) is 13.8 Å². The second-order valence-electron chi connectivity index (χ2n) is 8.18. The van der Waals surface area contributed by atoms with Crippen LogP contribution in [0, 0.1) is 5.92 Å². The Morgan fingerprint density at radius 3 is 2.70 bits per heavy atom. The van der Waals surface area contributed by atoms with Crippen LogP contribution >= 0.6 is 0 Å². The van der Waals surface area contributed by atoms with Gasteiger partial charge in [0.05, 0.1) is 12.3 Å². The van der Waals surface area contributed by atoms with Crippen LogP contribution < -0.4 is 5.32 Å². The van der Waals surface area contributed by atoms with E-state index in [-0.39, 0.29) is 36.2 Å². The van der Waals surface area contributed by atoms with Gasteiger partial charge in [-0.25, -0.2) is 4.98 Å². The smallest absolute Gasteiger partial charge is 0.251 e. The van der Waals surface area contributed by atoms with Gasteiger partial charge in [0.15, 0.2) is 17.9 Å². The molecule has 3 atom stereocenters. The summed E-state index contributed by atoms with van der Waals surface area (Å²) in [7, 11) is 0. The number of aromatic nitrogens is 1. The maximum absolute atomic E-state index is 13.2. The van der Waals surface area contributed by atoms with Crippen molar-refractivity contribution >= 4 is 17.6 Å². The molecule has 4 rings (SSSR count). The molecule has 2 aliphatic rings. The lowest BCUT2D eigenvalue weighted by molar-refractivity contribution is -0.138. The zero-order valence-corrected chi connectivity index (χ0v) is 17.0. The first kappa shape index (κ1) is 20.3. The summed E-state index contributed by atoms with van der Waals surface area (Å²) in [4.78, 5) is 43.7. The first-order chi connectivity index (χ1) is 14.4. The zero-order valence-electron chi connectivity index (χ0n) is 17.0. The summed E-state index contributed by atoms with van der Waals surface area (Å²) < 4.78 is 10.7. The molecule has 1 aromatic carbocycles. The molecule has 2 fully saturated rings. The molecule has 1 N–H and O–H groups in total. The van der Waals surface area contributed by atoms with Gasteiger partial charge in [0.2, 0.25) is 5.91 Å². The number of likely N-dealkylation sites (tertiary alicyclic amines) is 1. The molecular formula is C22H25N3O5. The lowest BCUT2D eigenvalue weighted by Gasteiger charge is -2.28. The number of nitrogens with one attached hydrogen (secondary N) is 1. The van der Waals surface area contributed by atoms with Crippen LogP contribution in [-0.4, -0.2) is 58.8 Å². The Balaban J connectivity index is 1.48. The number of ether oxygens (including phenoxy) is 1. The van der Waals surface area contributed by atoms with Crippen molar-refractivity contribution in [2.45, 2.75) is 44.9 Å². The number of ketones is 1. The van der Waals surface area contributed by atoms with Gasteiger partial charge in [0, 0.05) is 17.7 Å². The lowest BCUT2D eigenvalue weighted by atomic mass is 10.0. The number of benzene rings is 1. The third-order valence-electron chi connectivity index (χ3n) is 5.57. The van der Waals surface area contributed by atoms with Crippen molar-refractivity contribution in [1.29, 1.82) is 0 Å². The Kier molecular flexibility index (Phi) is 5.67. The topological polar surface area (TPSA) is 102 Å². The molecule has 0 saturated carbocycles. The van der Waals surface area contributed by atoms with Crippen LogP contribution in [0.4, 0.5) is 0 Å². The number of rotatable bonds is 6. The minimum atomic E-state index is -0.696. The molecular weight excluding hydrogens is 386 g/mol. The highest BCUT2D eigenvalue weighted by atomic mass is 16.5. The predicted octanol–water partition coefficient (Wildman–Crippen LogP) is 2.05. The summed E-state index contributed by atoms with van der Waals surface area (Å²) in [6.45, 7) is 4.51. The van der Waals surface area contributed by atoms with Gasteiger partial charge in [0.25, 0.3) is 5.91 Å². The third-order valence-corrected chi connectivity index (χ3v) is 5.57. The first-order valence-electron chi connectivity index (χ1n) is 10.2. The zero-order chi connectivity index (χ0) is 21.3. The minimum absolute atomic E-state index is 0.0534. The van der Waals surface area contributed by atoms with Gasteiger partial charge < -0.3 is 19.4 Å². The summed E-state index contributed by atoms with van der Waals surface area (Å²) in [6.07, 6.45) is 3.86. The van der Waals surface area contributed by atoms with Crippen LogP contribution in [0.25, 0.3) is 11.3 Å². The number of hydrogen-bond acceptors (Lipinski definition) is 6. The second kappa shape index (κ2) is 8.39. The Morgan fingerprint density at radius 1 is 1.27 bits per heavy atom. The number of fused-ring (bicyclic) bond motifs is 1. The molecule has 0 spiro atoms. The van der Waals surface area contributed by atoms with E-state index in [2.05, 4.69) is 10.3 Å². The SMILES string of the molecule is CC(C)CC(NC(=O)c1ccc(-c2cnco2)cc1)C(=O)N1CC[C@@H]2OCC(=O)C21. The van der Waals surface area contributed by atoms with Crippen LogP contribution in [0.3, 0.4) is 0 Å². The van der Waals surface area contributed by atoms with Crippen molar-refractivity contribution in [2.24, 2.45) is 5.92 Å². The van der Waals surface area contributed by atoms with Crippen LogP contribution in [0.2, 0.25) is 0 Å².